The van der Waals surface area contributed by atoms with Crippen LogP contribution in [0.25, 0.3) is 11.1 Å². The van der Waals surface area contributed by atoms with Gasteiger partial charge in [-0.3, -0.25) is 14.6 Å². The summed E-state index contributed by atoms with van der Waals surface area (Å²) in [6.45, 7) is 1.52. The summed E-state index contributed by atoms with van der Waals surface area (Å²) in [4.78, 5) is 33.9. The molecule has 1 aliphatic rings. The fourth-order valence-electron chi connectivity index (χ4n) is 4.40. The summed E-state index contributed by atoms with van der Waals surface area (Å²) in [7, 11) is 5.18. The van der Waals surface area contributed by atoms with Crippen LogP contribution in [0.3, 0.4) is 0 Å². The molecule has 0 N–H and O–H groups in total. The second-order valence-corrected chi connectivity index (χ2v) is 8.22. The van der Waals surface area contributed by atoms with Gasteiger partial charge in [0.2, 0.25) is 11.8 Å². The number of likely N-dealkylation sites (tertiary alicyclic amines) is 1. The molecule has 6 nitrogen and oxygen atoms in total. The number of hydrogen-bond donors (Lipinski definition) is 0. The number of carbonyl (C=O) groups is 2. The van der Waals surface area contributed by atoms with Crippen LogP contribution in [0.1, 0.15) is 24.8 Å². The summed E-state index contributed by atoms with van der Waals surface area (Å²) < 4.78 is 5.07. The predicted molar refractivity (Wildman–Crippen MR) is 117 cm³/mol. The maximum absolute atomic E-state index is 13.4. The van der Waals surface area contributed by atoms with E-state index in [1.54, 1.807) is 32.3 Å². The lowest BCUT2D eigenvalue weighted by atomic mass is 9.73. The van der Waals surface area contributed by atoms with Crippen LogP contribution in [-0.2, 0) is 20.7 Å². The average Bonchev–Trinajstić information content (AvgIpc) is 2.78. The van der Waals surface area contributed by atoms with Crippen LogP contribution in [0, 0.1) is 5.41 Å². The van der Waals surface area contributed by atoms with E-state index >= 15 is 0 Å². The van der Waals surface area contributed by atoms with E-state index < -0.39 is 5.41 Å². The van der Waals surface area contributed by atoms with Gasteiger partial charge in [-0.25, -0.2) is 0 Å². The molecule has 6 heteroatoms. The van der Waals surface area contributed by atoms with Crippen LogP contribution in [0.4, 0.5) is 0 Å². The number of amides is 2. The van der Waals surface area contributed by atoms with Gasteiger partial charge < -0.3 is 14.5 Å². The van der Waals surface area contributed by atoms with Crippen molar-refractivity contribution in [3.05, 3.63) is 54.4 Å². The lowest BCUT2D eigenvalue weighted by Crippen LogP contribution is -2.54. The van der Waals surface area contributed by atoms with Crippen molar-refractivity contribution >= 4 is 11.8 Å². The highest BCUT2D eigenvalue weighted by molar-refractivity contribution is 5.85. The lowest BCUT2D eigenvalue weighted by Gasteiger charge is -2.43. The van der Waals surface area contributed by atoms with E-state index in [1.165, 1.54) is 0 Å². The van der Waals surface area contributed by atoms with Crippen LogP contribution in [0.2, 0.25) is 0 Å². The second-order valence-electron chi connectivity index (χ2n) is 8.22. The Morgan fingerprint density at radius 1 is 1.20 bits per heavy atom. The molecule has 1 aromatic carbocycles. The third kappa shape index (κ3) is 4.87. The molecule has 0 radical (unpaired) electrons. The third-order valence-corrected chi connectivity index (χ3v) is 5.83. The minimum Gasteiger partial charge on any atom is -0.384 e. The van der Waals surface area contributed by atoms with Gasteiger partial charge >= 0.3 is 0 Å². The zero-order valence-electron chi connectivity index (χ0n) is 18.1. The van der Waals surface area contributed by atoms with Gasteiger partial charge in [-0.2, -0.15) is 0 Å². The largest absolute Gasteiger partial charge is 0.384 e. The Hall–Kier alpha value is -2.73. The van der Waals surface area contributed by atoms with E-state index in [9.17, 15) is 9.59 Å². The highest BCUT2D eigenvalue weighted by atomic mass is 16.5. The lowest BCUT2D eigenvalue weighted by molar-refractivity contribution is -0.147. The number of aromatic nitrogens is 1. The fraction of sp³-hybridized carbons (Fsp3) is 0.458. The molecule has 3 rings (SSSR count). The molecule has 1 atom stereocenters. The van der Waals surface area contributed by atoms with Crippen molar-refractivity contribution in [1.29, 1.82) is 0 Å². The van der Waals surface area contributed by atoms with Crippen molar-refractivity contribution in [3.63, 3.8) is 0 Å². The molecule has 0 bridgehead atoms. The zero-order chi connectivity index (χ0) is 21.6. The van der Waals surface area contributed by atoms with Gasteiger partial charge in [-0.05, 0) is 36.5 Å². The van der Waals surface area contributed by atoms with E-state index in [0.29, 0.717) is 32.5 Å². The molecule has 2 amide bonds. The number of ether oxygens (including phenoxy) is 1. The van der Waals surface area contributed by atoms with Gasteiger partial charge in [0, 0.05) is 52.3 Å². The number of carbonyl (C=O) groups excluding carboxylic acids is 2. The molecular weight excluding hydrogens is 378 g/mol. The SMILES string of the molecule is COCCC(=O)N1CCC[C@@](Cc2ccccc2-c2cccnc2)(C(=O)N(C)C)C1. The number of piperidine rings is 1. The number of rotatable bonds is 7. The highest BCUT2D eigenvalue weighted by Gasteiger charge is 2.44. The summed E-state index contributed by atoms with van der Waals surface area (Å²) in [5.41, 5.74) is 2.58. The molecular formula is C24H31N3O3. The first-order chi connectivity index (χ1) is 14.5. The van der Waals surface area contributed by atoms with E-state index in [1.807, 2.05) is 35.4 Å². The van der Waals surface area contributed by atoms with Crippen LogP contribution in [0.15, 0.2) is 48.8 Å². The smallest absolute Gasteiger partial charge is 0.230 e. The summed E-state index contributed by atoms with van der Waals surface area (Å²) >= 11 is 0. The van der Waals surface area contributed by atoms with Gasteiger partial charge in [-0.15, -0.1) is 0 Å². The first kappa shape index (κ1) is 22.0. The summed E-state index contributed by atoms with van der Waals surface area (Å²) in [5, 5.41) is 0. The van der Waals surface area contributed by atoms with Crippen LogP contribution >= 0.6 is 0 Å². The molecule has 1 aliphatic heterocycles. The topological polar surface area (TPSA) is 62.7 Å². The Kier molecular flexibility index (Phi) is 7.21. The fourth-order valence-corrected chi connectivity index (χ4v) is 4.40. The van der Waals surface area contributed by atoms with Crippen molar-refractivity contribution in [2.24, 2.45) is 5.41 Å². The maximum Gasteiger partial charge on any atom is 0.230 e. The molecule has 30 heavy (non-hydrogen) atoms. The molecule has 0 aliphatic carbocycles. The van der Waals surface area contributed by atoms with Gasteiger partial charge in [0.25, 0.3) is 0 Å². The van der Waals surface area contributed by atoms with Crippen LogP contribution in [0.5, 0.6) is 0 Å². The number of methoxy groups -OCH3 is 1. The number of nitrogens with zero attached hydrogens (tertiary/aromatic N) is 3. The minimum atomic E-state index is -0.636. The normalized spacial score (nSPS) is 18.8. The van der Waals surface area contributed by atoms with Crippen LogP contribution < -0.4 is 0 Å². The Morgan fingerprint density at radius 3 is 2.70 bits per heavy atom. The van der Waals surface area contributed by atoms with Gasteiger partial charge in [0.05, 0.1) is 18.4 Å². The summed E-state index contributed by atoms with van der Waals surface area (Å²) in [6, 6.07) is 12.1. The first-order valence-electron chi connectivity index (χ1n) is 10.4. The van der Waals surface area contributed by atoms with Crippen molar-refractivity contribution in [2.75, 3.05) is 40.9 Å². The number of pyridine rings is 1. The molecule has 2 aromatic rings. The molecule has 1 aromatic heterocycles. The summed E-state index contributed by atoms with van der Waals surface area (Å²) in [6.07, 6.45) is 6.11. The monoisotopic (exact) mass is 409 g/mol. The molecule has 2 heterocycles. The van der Waals surface area contributed by atoms with Crippen molar-refractivity contribution in [1.82, 2.24) is 14.8 Å². The molecule has 0 spiro atoms. The van der Waals surface area contributed by atoms with E-state index in [2.05, 4.69) is 17.1 Å². The highest BCUT2D eigenvalue weighted by Crippen LogP contribution is 2.38. The summed E-state index contributed by atoms with van der Waals surface area (Å²) in [5.74, 6) is 0.126. The van der Waals surface area contributed by atoms with E-state index in [4.69, 9.17) is 4.74 Å². The molecule has 0 unspecified atom stereocenters. The molecule has 1 fully saturated rings. The van der Waals surface area contributed by atoms with Gasteiger partial charge in [-0.1, -0.05) is 30.3 Å². The third-order valence-electron chi connectivity index (χ3n) is 5.83. The minimum absolute atomic E-state index is 0.0491. The molecule has 0 saturated carbocycles. The van der Waals surface area contributed by atoms with Crippen LogP contribution in [-0.4, -0.2) is 67.5 Å². The van der Waals surface area contributed by atoms with Crippen molar-refractivity contribution in [3.8, 4) is 11.1 Å². The van der Waals surface area contributed by atoms with Crippen molar-refractivity contribution in [2.45, 2.75) is 25.7 Å². The van der Waals surface area contributed by atoms with Crippen molar-refractivity contribution < 1.29 is 14.3 Å². The van der Waals surface area contributed by atoms with E-state index in [0.717, 1.165) is 29.5 Å². The van der Waals surface area contributed by atoms with E-state index in [-0.39, 0.29) is 11.8 Å². The average molecular weight is 410 g/mol. The molecule has 160 valence electrons. The Bertz CT molecular complexity index is 869. The Balaban J connectivity index is 1.94. The Labute approximate surface area is 178 Å². The number of hydrogen-bond acceptors (Lipinski definition) is 4. The quantitative estimate of drug-likeness (QED) is 0.705. The maximum atomic E-state index is 13.4. The standard InChI is InChI=1S/C24H31N3O3/c1-26(2)23(29)24(12-7-14-27(18-24)22(28)11-15-30-3)16-19-8-4-5-10-21(19)20-9-6-13-25-17-20/h4-6,8-10,13,17H,7,11-12,14-16,18H2,1-3H3/t24-/m0/s1. The predicted octanol–water partition coefficient (Wildman–Crippen LogP) is 3.02. The number of benzene rings is 1. The van der Waals surface area contributed by atoms with Gasteiger partial charge in [0.1, 0.15) is 0 Å². The zero-order valence-corrected chi connectivity index (χ0v) is 18.1. The first-order valence-corrected chi connectivity index (χ1v) is 10.4. The van der Waals surface area contributed by atoms with Gasteiger partial charge in [0.15, 0.2) is 0 Å². The second kappa shape index (κ2) is 9.85. The molecule has 1 saturated heterocycles. The Morgan fingerprint density at radius 2 is 2.00 bits per heavy atom.